The Labute approximate surface area is 95.4 Å². The van der Waals surface area contributed by atoms with Crippen LogP contribution in [0.15, 0.2) is 28.2 Å². The molecule has 0 bridgehead atoms. The Morgan fingerprint density at radius 1 is 1.65 bits per heavy atom. The molecule has 0 fully saturated rings. The van der Waals surface area contributed by atoms with Crippen LogP contribution in [0.25, 0.3) is 16.5 Å². The predicted molar refractivity (Wildman–Crippen MR) is 61.4 cm³/mol. The summed E-state index contributed by atoms with van der Waals surface area (Å²) in [6.45, 7) is 0.318. The van der Waals surface area contributed by atoms with E-state index in [-0.39, 0.29) is 0 Å². The monoisotopic (exact) mass is 235 g/mol. The molecule has 0 spiro atoms. The first kappa shape index (κ1) is 12.5. The van der Waals surface area contributed by atoms with Crippen molar-refractivity contribution in [3.63, 3.8) is 0 Å². The van der Waals surface area contributed by atoms with Gasteiger partial charge in [-0.25, -0.2) is 0 Å². The van der Waals surface area contributed by atoms with E-state index >= 15 is 0 Å². The molecule has 0 aliphatic heterocycles. The molecule has 0 atom stereocenters. The van der Waals surface area contributed by atoms with Gasteiger partial charge in [-0.15, -0.1) is 0 Å². The van der Waals surface area contributed by atoms with Crippen LogP contribution < -0.4 is 5.56 Å². The van der Waals surface area contributed by atoms with E-state index in [0.717, 1.165) is 0 Å². The second-order valence-corrected chi connectivity index (χ2v) is 3.05. The first-order valence-electron chi connectivity index (χ1n) is 4.69. The molecular formula is C9H9N5O3. The number of aromatic nitrogens is 1. The molecule has 8 nitrogen and oxygen atoms in total. The van der Waals surface area contributed by atoms with Crippen LogP contribution in [0, 0.1) is 10.1 Å². The van der Waals surface area contributed by atoms with Crippen LogP contribution in [-0.2, 0) is 0 Å². The Morgan fingerprint density at radius 3 is 3.06 bits per heavy atom. The third-order valence-corrected chi connectivity index (χ3v) is 1.87. The zero-order valence-electron chi connectivity index (χ0n) is 8.74. The van der Waals surface area contributed by atoms with Crippen molar-refractivity contribution in [2.75, 3.05) is 6.54 Å². The van der Waals surface area contributed by atoms with Crippen LogP contribution in [0.1, 0.15) is 12.0 Å². The third kappa shape index (κ3) is 3.80. The van der Waals surface area contributed by atoms with E-state index in [0.29, 0.717) is 18.5 Å². The van der Waals surface area contributed by atoms with E-state index in [9.17, 15) is 14.9 Å². The standard InChI is InChI=1S/C9H9N5O3/c10-13-12-4-2-1-3-7-5-8(14(16)17)9(15)11-6-7/h1,3,5-6H,2,4H2,(H,11,15). The van der Waals surface area contributed by atoms with Gasteiger partial charge in [-0.1, -0.05) is 17.3 Å². The number of aromatic amines is 1. The average molecular weight is 235 g/mol. The van der Waals surface area contributed by atoms with Crippen LogP contribution in [0.2, 0.25) is 0 Å². The van der Waals surface area contributed by atoms with Gasteiger partial charge in [0.25, 0.3) is 0 Å². The fourth-order valence-corrected chi connectivity index (χ4v) is 1.12. The van der Waals surface area contributed by atoms with E-state index in [4.69, 9.17) is 5.53 Å². The smallest absolute Gasteiger partial charge is 0.323 e. The Kier molecular flexibility index (Phi) is 4.46. The van der Waals surface area contributed by atoms with Crippen LogP contribution >= 0.6 is 0 Å². The molecule has 1 aromatic rings. The summed E-state index contributed by atoms with van der Waals surface area (Å²) in [4.78, 5) is 25.7. The van der Waals surface area contributed by atoms with E-state index in [1.54, 1.807) is 12.2 Å². The van der Waals surface area contributed by atoms with Gasteiger partial charge in [0.05, 0.1) is 4.92 Å². The number of pyridine rings is 1. The van der Waals surface area contributed by atoms with Crippen molar-refractivity contribution in [1.29, 1.82) is 0 Å². The quantitative estimate of drug-likeness (QED) is 0.209. The van der Waals surface area contributed by atoms with E-state index < -0.39 is 16.2 Å². The van der Waals surface area contributed by atoms with Crippen LogP contribution in [-0.4, -0.2) is 16.5 Å². The molecule has 1 N–H and O–H groups in total. The predicted octanol–water partition coefficient (Wildman–Crippen LogP) is 2.00. The highest BCUT2D eigenvalue weighted by atomic mass is 16.6. The molecule has 0 saturated heterocycles. The van der Waals surface area contributed by atoms with Crippen LogP contribution in [0.3, 0.4) is 0 Å². The third-order valence-electron chi connectivity index (χ3n) is 1.87. The normalized spacial score (nSPS) is 10.1. The van der Waals surface area contributed by atoms with Crippen molar-refractivity contribution in [3.8, 4) is 0 Å². The highest BCUT2D eigenvalue weighted by molar-refractivity contribution is 5.51. The minimum absolute atomic E-state index is 0.318. The maximum absolute atomic E-state index is 11.1. The van der Waals surface area contributed by atoms with Gasteiger partial charge >= 0.3 is 11.2 Å². The maximum atomic E-state index is 11.1. The van der Waals surface area contributed by atoms with Crippen molar-refractivity contribution in [1.82, 2.24) is 4.98 Å². The number of nitrogens with one attached hydrogen (secondary N) is 1. The van der Waals surface area contributed by atoms with Crippen molar-refractivity contribution >= 4 is 11.8 Å². The second kappa shape index (κ2) is 6.09. The molecule has 1 rings (SSSR count). The molecule has 0 aromatic carbocycles. The topological polar surface area (TPSA) is 125 Å². The molecule has 88 valence electrons. The molecule has 0 aliphatic carbocycles. The van der Waals surface area contributed by atoms with Crippen molar-refractivity contribution < 1.29 is 4.92 Å². The molecule has 0 unspecified atom stereocenters. The van der Waals surface area contributed by atoms with Crippen molar-refractivity contribution in [3.05, 3.63) is 54.8 Å². The second-order valence-electron chi connectivity index (χ2n) is 3.05. The SMILES string of the molecule is [N-]=[N+]=NCCC=Cc1c[nH]c(=O)c([N+](=O)[O-])c1. The fourth-order valence-electron chi connectivity index (χ4n) is 1.12. The van der Waals surface area contributed by atoms with Gasteiger partial charge in [0.2, 0.25) is 0 Å². The summed E-state index contributed by atoms with van der Waals surface area (Å²) in [6, 6.07) is 1.18. The molecule has 0 aliphatic rings. The number of hydrogen-bond donors (Lipinski definition) is 1. The van der Waals surface area contributed by atoms with E-state index in [1.165, 1.54) is 12.3 Å². The Morgan fingerprint density at radius 2 is 2.41 bits per heavy atom. The minimum Gasteiger partial charge on any atom is -0.323 e. The summed E-state index contributed by atoms with van der Waals surface area (Å²) in [5.41, 5.74) is 7.31. The summed E-state index contributed by atoms with van der Waals surface area (Å²) in [5, 5.41) is 13.8. The van der Waals surface area contributed by atoms with Gasteiger partial charge in [-0.05, 0) is 17.5 Å². The van der Waals surface area contributed by atoms with Crippen molar-refractivity contribution in [2.45, 2.75) is 6.42 Å². The van der Waals surface area contributed by atoms with Gasteiger partial charge in [0, 0.05) is 23.7 Å². The van der Waals surface area contributed by atoms with Gasteiger partial charge < -0.3 is 4.98 Å². The Bertz CT molecular complexity index is 542. The van der Waals surface area contributed by atoms with Crippen molar-refractivity contribution in [2.24, 2.45) is 5.11 Å². The summed E-state index contributed by atoms with van der Waals surface area (Å²) in [7, 11) is 0. The minimum atomic E-state index is -0.740. The first-order chi connectivity index (χ1) is 8.15. The molecule has 17 heavy (non-hydrogen) atoms. The molecule has 0 amide bonds. The lowest BCUT2D eigenvalue weighted by Gasteiger charge is -1.93. The van der Waals surface area contributed by atoms with Crippen LogP contribution in [0.4, 0.5) is 5.69 Å². The molecule has 0 radical (unpaired) electrons. The Balaban J connectivity index is 2.79. The number of nitrogens with zero attached hydrogens (tertiary/aromatic N) is 4. The largest absolute Gasteiger partial charge is 0.334 e. The number of rotatable bonds is 5. The molecular weight excluding hydrogens is 226 g/mol. The summed E-state index contributed by atoms with van der Waals surface area (Å²) in [6.07, 6.45) is 5.21. The number of H-pyrrole nitrogens is 1. The van der Waals surface area contributed by atoms with Gasteiger partial charge in [-0.2, -0.15) is 0 Å². The van der Waals surface area contributed by atoms with Gasteiger partial charge in [0.1, 0.15) is 0 Å². The molecule has 1 aromatic heterocycles. The Hall–Kier alpha value is -2.60. The van der Waals surface area contributed by atoms with Crippen LogP contribution in [0.5, 0.6) is 0 Å². The van der Waals surface area contributed by atoms with Gasteiger partial charge in [-0.3, -0.25) is 14.9 Å². The molecule has 1 heterocycles. The van der Waals surface area contributed by atoms with Gasteiger partial charge in [0.15, 0.2) is 0 Å². The lowest BCUT2D eigenvalue weighted by Crippen LogP contribution is -2.10. The molecule has 8 heteroatoms. The fraction of sp³-hybridized carbons (Fsp3) is 0.222. The zero-order valence-corrected chi connectivity index (χ0v) is 8.74. The maximum Gasteiger partial charge on any atom is 0.334 e. The zero-order chi connectivity index (χ0) is 12.7. The number of azide groups is 1. The number of hydrogen-bond acceptors (Lipinski definition) is 4. The number of nitro groups is 1. The van der Waals surface area contributed by atoms with E-state index in [2.05, 4.69) is 15.0 Å². The molecule has 0 saturated carbocycles. The highest BCUT2D eigenvalue weighted by Gasteiger charge is 2.11. The highest BCUT2D eigenvalue weighted by Crippen LogP contribution is 2.08. The van der Waals surface area contributed by atoms with E-state index in [1.807, 2.05) is 0 Å². The summed E-state index contributed by atoms with van der Waals surface area (Å²) in [5.74, 6) is 0. The summed E-state index contributed by atoms with van der Waals surface area (Å²) < 4.78 is 0. The lowest BCUT2D eigenvalue weighted by molar-refractivity contribution is -0.386. The average Bonchev–Trinajstić information content (AvgIpc) is 2.30. The summed E-state index contributed by atoms with van der Waals surface area (Å²) >= 11 is 0. The first-order valence-corrected chi connectivity index (χ1v) is 4.69. The lowest BCUT2D eigenvalue weighted by atomic mass is 10.2.